The number of nitrogens with two attached hydrogens (primary N) is 1. The molecule has 4 N–H and O–H groups in total. The maximum absolute atomic E-state index is 11.1. The molecule has 1 aliphatic heterocycles. The van der Waals surface area contributed by atoms with Gasteiger partial charge in [-0.25, -0.2) is 5.14 Å². The first-order chi connectivity index (χ1) is 7.44. The van der Waals surface area contributed by atoms with Gasteiger partial charge in [-0.1, -0.05) is 0 Å². The zero-order valence-corrected chi connectivity index (χ0v) is 9.17. The first-order valence-electron chi connectivity index (χ1n) is 4.67. The van der Waals surface area contributed by atoms with Crippen LogP contribution in [0, 0.1) is 0 Å². The van der Waals surface area contributed by atoms with Crippen molar-refractivity contribution in [3.05, 3.63) is 23.8 Å². The molecule has 0 saturated heterocycles. The molecule has 7 heteroatoms. The monoisotopic (exact) mass is 241 g/mol. The van der Waals surface area contributed by atoms with Crippen LogP contribution in [0.4, 0.5) is 11.4 Å². The van der Waals surface area contributed by atoms with E-state index in [-0.39, 0.29) is 5.91 Å². The Bertz CT molecular complexity index is 539. The largest absolute Gasteiger partial charge is 0.326 e. The van der Waals surface area contributed by atoms with E-state index in [0.29, 0.717) is 18.5 Å². The Hall–Kier alpha value is -1.60. The fraction of sp³-hybridized carbons (Fsp3) is 0.222. The molecule has 0 aromatic heterocycles. The van der Waals surface area contributed by atoms with Crippen LogP contribution in [0.5, 0.6) is 0 Å². The number of rotatable bonds is 2. The Morgan fingerprint density at radius 1 is 1.31 bits per heavy atom. The van der Waals surface area contributed by atoms with Gasteiger partial charge in [0.1, 0.15) is 0 Å². The number of hydrogen-bond donors (Lipinski definition) is 3. The Labute approximate surface area is 93.0 Å². The summed E-state index contributed by atoms with van der Waals surface area (Å²) in [5.74, 6) is -0.0281. The van der Waals surface area contributed by atoms with E-state index in [1.54, 1.807) is 18.2 Å². The minimum absolute atomic E-state index is 0.0281. The van der Waals surface area contributed by atoms with Crippen molar-refractivity contribution in [2.45, 2.75) is 12.8 Å². The van der Waals surface area contributed by atoms with Gasteiger partial charge in [0, 0.05) is 12.1 Å². The van der Waals surface area contributed by atoms with Crippen molar-refractivity contribution in [3.63, 3.8) is 0 Å². The molecule has 0 fully saturated rings. The lowest BCUT2D eigenvalue weighted by Crippen LogP contribution is -2.22. The molecular formula is C9H11N3O3S. The second-order valence-electron chi connectivity index (χ2n) is 3.57. The fourth-order valence-electron chi connectivity index (χ4n) is 1.61. The number of amides is 1. The molecule has 0 unspecified atom stereocenters. The highest BCUT2D eigenvalue weighted by Crippen LogP contribution is 2.25. The van der Waals surface area contributed by atoms with E-state index in [2.05, 4.69) is 10.0 Å². The topological polar surface area (TPSA) is 101 Å². The summed E-state index contributed by atoms with van der Waals surface area (Å²) < 4.78 is 23.8. The van der Waals surface area contributed by atoms with Crippen molar-refractivity contribution in [2.75, 3.05) is 10.0 Å². The van der Waals surface area contributed by atoms with Crippen LogP contribution in [0.3, 0.4) is 0 Å². The van der Waals surface area contributed by atoms with Crippen LogP contribution in [0.1, 0.15) is 12.0 Å². The predicted molar refractivity (Wildman–Crippen MR) is 60.1 cm³/mol. The van der Waals surface area contributed by atoms with Gasteiger partial charge in [0.15, 0.2) is 0 Å². The normalized spacial score (nSPS) is 15.2. The van der Waals surface area contributed by atoms with Crippen LogP contribution < -0.4 is 15.2 Å². The number of hydrogen-bond acceptors (Lipinski definition) is 3. The van der Waals surface area contributed by atoms with Crippen LogP contribution in [0.15, 0.2) is 18.2 Å². The average molecular weight is 241 g/mol. The smallest absolute Gasteiger partial charge is 0.296 e. The van der Waals surface area contributed by atoms with Crippen molar-refractivity contribution in [1.29, 1.82) is 0 Å². The highest BCUT2D eigenvalue weighted by Gasteiger charge is 2.15. The van der Waals surface area contributed by atoms with Gasteiger partial charge in [0.25, 0.3) is 10.2 Å². The van der Waals surface area contributed by atoms with Crippen molar-refractivity contribution < 1.29 is 13.2 Å². The van der Waals surface area contributed by atoms with E-state index in [4.69, 9.17) is 5.14 Å². The maximum atomic E-state index is 11.1. The Balaban J connectivity index is 2.30. The Morgan fingerprint density at radius 3 is 2.75 bits per heavy atom. The third-order valence-corrected chi connectivity index (χ3v) is 2.78. The minimum Gasteiger partial charge on any atom is -0.326 e. The lowest BCUT2D eigenvalue weighted by molar-refractivity contribution is -0.116. The highest BCUT2D eigenvalue weighted by molar-refractivity contribution is 7.90. The van der Waals surface area contributed by atoms with E-state index in [1.807, 2.05) is 0 Å². The van der Waals surface area contributed by atoms with E-state index < -0.39 is 10.2 Å². The summed E-state index contributed by atoms with van der Waals surface area (Å²) in [5, 5.41) is 7.56. The van der Waals surface area contributed by atoms with Gasteiger partial charge >= 0.3 is 0 Å². The van der Waals surface area contributed by atoms with Crippen LogP contribution in [0.25, 0.3) is 0 Å². The van der Waals surface area contributed by atoms with Crippen LogP contribution in [-0.4, -0.2) is 14.3 Å². The predicted octanol–water partition coefficient (Wildman–Crippen LogP) is 0.187. The summed E-state index contributed by atoms with van der Waals surface area (Å²) in [6.45, 7) is 0. The lowest BCUT2D eigenvalue weighted by Gasteiger charge is -2.17. The average Bonchev–Trinajstić information content (AvgIpc) is 2.16. The molecule has 1 amide bonds. The summed E-state index contributed by atoms with van der Waals surface area (Å²) in [5.41, 5.74) is 2.02. The number of aryl methyl sites for hydroxylation is 1. The molecule has 86 valence electrons. The lowest BCUT2D eigenvalue weighted by atomic mass is 10.0. The number of anilines is 2. The molecular weight excluding hydrogens is 230 g/mol. The first-order valence-corrected chi connectivity index (χ1v) is 6.22. The molecule has 0 atom stereocenters. The molecule has 0 aliphatic carbocycles. The quantitative estimate of drug-likeness (QED) is 0.688. The Morgan fingerprint density at radius 2 is 2.06 bits per heavy atom. The molecule has 0 bridgehead atoms. The molecule has 2 rings (SSSR count). The van der Waals surface area contributed by atoms with E-state index >= 15 is 0 Å². The van der Waals surface area contributed by atoms with Gasteiger partial charge in [-0.3, -0.25) is 9.52 Å². The summed E-state index contributed by atoms with van der Waals surface area (Å²) in [4.78, 5) is 11.1. The zero-order chi connectivity index (χ0) is 11.8. The second-order valence-corrected chi connectivity index (χ2v) is 4.86. The number of carbonyl (C=O) groups excluding carboxylic acids is 1. The minimum atomic E-state index is -3.75. The molecule has 0 saturated carbocycles. The van der Waals surface area contributed by atoms with Crippen molar-refractivity contribution in [1.82, 2.24) is 0 Å². The standard InChI is InChI=1S/C9H11N3O3S/c10-16(14,15)12-7-2-3-8-6(5-7)1-4-9(13)11-8/h2-3,5,12H,1,4H2,(H,11,13)(H2,10,14,15). The van der Waals surface area contributed by atoms with Crippen LogP contribution in [0.2, 0.25) is 0 Å². The zero-order valence-electron chi connectivity index (χ0n) is 8.36. The molecule has 6 nitrogen and oxygen atoms in total. The van der Waals surface area contributed by atoms with E-state index in [9.17, 15) is 13.2 Å². The second kappa shape index (κ2) is 3.76. The fourth-order valence-corrected chi connectivity index (χ4v) is 2.07. The highest BCUT2D eigenvalue weighted by atomic mass is 32.2. The van der Waals surface area contributed by atoms with Crippen LogP contribution >= 0.6 is 0 Å². The summed E-state index contributed by atoms with van der Waals surface area (Å²) >= 11 is 0. The van der Waals surface area contributed by atoms with Gasteiger partial charge in [-0.2, -0.15) is 8.42 Å². The van der Waals surface area contributed by atoms with Crippen molar-refractivity contribution in [3.8, 4) is 0 Å². The molecule has 1 aromatic rings. The van der Waals surface area contributed by atoms with E-state index in [1.165, 1.54) is 0 Å². The van der Waals surface area contributed by atoms with Gasteiger partial charge in [0.05, 0.1) is 5.69 Å². The number of nitrogens with one attached hydrogen (secondary N) is 2. The van der Waals surface area contributed by atoms with Crippen molar-refractivity contribution >= 4 is 27.5 Å². The molecule has 16 heavy (non-hydrogen) atoms. The summed E-state index contributed by atoms with van der Waals surface area (Å²) in [7, 11) is -3.75. The summed E-state index contributed by atoms with van der Waals surface area (Å²) in [6.07, 6.45) is 1.01. The summed E-state index contributed by atoms with van der Waals surface area (Å²) in [6, 6.07) is 4.87. The molecule has 1 heterocycles. The molecule has 0 spiro atoms. The van der Waals surface area contributed by atoms with Crippen LogP contribution in [-0.2, 0) is 21.4 Å². The van der Waals surface area contributed by atoms with Gasteiger partial charge in [0.2, 0.25) is 5.91 Å². The van der Waals surface area contributed by atoms with E-state index in [0.717, 1.165) is 11.3 Å². The third kappa shape index (κ3) is 2.50. The van der Waals surface area contributed by atoms with Gasteiger partial charge < -0.3 is 5.32 Å². The number of fused-ring (bicyclic) bond motifs is 1. The molecule has 1 aliphatic rings. The Kier molecular flexibility index (Phi) is 2.56. The van der Waals surface area contributed by atoms with Gasteiger partial charge in [-0.05, 0) is 30.2 Å². The molecule has 1 aromatic carbocycles. The third-order valence-electron chi connectivity index (χ3n) is 2.26. The van der Waals surface area contributed by atoms with Gasteiger partial charge in [-0.15, -0.1) is 0 Å². The first kappa shape index (κ1) is 10.9. The SMILES string of the molecule is NS(=O)(=O)Nc1ccc2c(c1)CCC(=O)N2. The molecule has 0 radical (unpaired) electrons. The number of carbonyl (C=O) groups is 1. The van der Waals surface area contributed by atoms with Crippen molar-refractivity contribution in [2.24, 2.45) is 5.14 Å². The maximum Gasteiger partial charge on any atom is 0.296 e. The number of benzene rings is 1.